The predicted molar refractivity (Wildman–Crippen MR) is 63.7 cm³/mol. The number of halogens is 1. The summed E-state index contributed by atoms with van der Waals surface area (Å²) in [5.41, 5.74) is 2.48. The normalized spacial score (nSPS) is 16.4. The zero-order valence-corrected chi connectivity index (χ0v) is 9.89. The van der Waals surface area contributed by atoms with Gasteiger partial charge in [-0.05, 0) is 24.6 Å². The van der Waals surface area contributed by atoms with Crippen molar-refractivity contribution in [1.82, 2.24) is 5.32 Å². The third-order valence-corrected chi connectivity index (χ3v) is 3.49. The summed E-state index contributed by atoms with van der Waals surface area (Å²) in [4.78, 5) is 0. The van der Waals surface area contributed by atoms with Crippen LogP contribution in [0.3, 0.4) is 0 Å². The third kappa shape index (κ3) is 2.28. The van der Waals surface area contributed by atoms with E-state index in [1.54, 1.807) is 0 Å². The molecule has 1 fully saturated rings. The van der Waals surface area contributed by atoms with E-state index in [4.69, 9.17) is 0 Å². The summed E-state index contributed by atoms with van der Waals surface area (Å²) >= 11 is 3.53. The van der Waals surface area contributed by atoms with Crippen LogP contribution in [0.4, 0.5) is 5.69 Å². The van der Waals surface area contributed by atoms with Crippen LogP contribution < -0.4 is 10.6 Å². The van der Waals surface area contributed by atoms with E-state index >= 15 is 0 Å². The molecule has 0 spiro atoms. The molecule has 0 saturated carbocycles. The van der Waals surface area contributed by atoms with Gasteiger partial charge in [-0.15, -0.1) is 0 Å². The first-order valence-corrected chi connectivity index (χ1v) is 5.76. The first-order chi connectivity index (χ1) is 6.75. The molecule has 1 aliphatic heterocycles. The van der Waals surface area contributed by atoms with E-state index in [1.165, 1.54) is 15.7 Å². The molecule has 2 N–H and O–H groups in total. The van der Waals surface area contributed by atoms with Gasteiger partial charge in [0.2, 0.25) is 0 Å². The van der Waals surface area contributed by atoms with Gasteiger partial charge in [0.25, 0.3) is 0 Å². The monoisotopic (exact) mass is 254 g/mol. The van der Waals surface area contributed by atoms with Crippen LogP contribution >= 0.6 is 15.9 Å². The Morgan fingerprint density at radius 3 is 2.86 bits per heavy atom. The minimum Gasteiger partial charge on any atom is -0.385 e. The van der Waals surface area contributed by atoms with Crippen LogP contribution in [0.15, 0.2) is 22.7 Å². The SMILES string of the molecule is Cc1ccc(NCC2CNC2)cc1Br. The minimum absolute atomic E-state index is 0.801. The summed E-state index contributed by atoms with van der Waals surface area (Å²) in [5, 5.41) is 6.71. The Hall–Kier alpha value is -0.540. The average molecular weight is 255 g/mol. The fourth-order valence-corrected chi connectivity index (χ4v) is 1.84. The van der Waals surface area contributed by atoms with Gasteiger partial charge in [0.15, 0.2) is 0 Å². The summed E-state index contributed by atoms with van der Waals surface area (Å²) < 4.78 is 1.18. The van der Waals surface area contributed by atoms with Crippen molar-refractivity contribution >= 4 is 21.6 Å². The number of hydrogen-bond donors (Lipinski definition) is 2. The Kier molecular flexibility index (Phi) is 3.08. The number of nitrogens with one attached hydrogen (secondary N) is 2. The Balaban J connectivity index is 1.91. The van der Waals surface area contributed by atoms with Crippen molar-refractivity contribution in [2.45, 2.75) is 6.92 Å². The van der Waals surface area contributed by atoms with E-state index in [1.807, 2.05) is 0 Å². The van der Waals surface area contributed by atoms with E-state index in [9.17, 15) is 0 Å². The lowest BCUT2D eigenvalue weighted by Gasteiger charge is -2.27. The van der Waals surface area contributed by atoms with Crippen LogP contribution in [0.2, 0.25) is 0 Å². The van der Waals surface area contributed by atoms with E-state index in [0.29, 0.717) is 0 Å². The first-order valence-electron chi connectivity index (χ1n) is 4.96. The van der Waals surface area contributed by atoms with E-state index in [0.717, 1.165) is 25.6 Å². The molecule has 3 heteroatoms. The highest BCUT2D eigenvalue weighted by Gasteiger charge is 2.15. The molecule has 1 aliphatic rings. The van der Waals surface area contributed by atoms with E-state index in [2.05, 4.69) is 51.7 Å². The van der Waals surface area contributed by atoms with Crippen molar-refractivity contribution in [3.05, 3.63) is 28.2 Å². The molecule has 0 atom stereocenters. The summed E-state index contributed by atoms with van der Waals surface area (Å²) in [5.74, 6) is 0.801. The summed E-state index contributed by atoms with van der Waals surface area (Å²) in [6, 6.07) is 6.40. The maximum absolute atomic E-state index is 3.53. The zero-order chi connectivity index (χ0) is 9.97. The Morgan fingerprint density at radius 2 is 2.29 bits per heavy atom. The molecule has 1 saturated heterocycles. The van der Waals surface area contributed by atoms with Gasteiger partial charge in [-0.1, -0.05) is 22.0 Å². The van der Waals surface area contributed by atoms with Gasteiger partial charge in [-0.25, -0.2) is 0 Å². The molecule has 0 aromatic heterocycles. The first kappa shape index (κ1) is 9.99. The van der Waals surface area contributed by atoms with Gasteiger partial charge < -0.3 is 10.6 Å². The number of benzene rings is 1. The highest BCUT2D eigenvalue weighted by atomic mass is 79.9. The molecule has 76 valence electrons. The lowest BCUT2D eigenvalue weighted by molar-refractivity contribution is 0.365. The molecule has 0 bridgehead atoms. The van der Waals surface area contributed by atoms with E-state index < -0.39 is 0 Å². The average Bonchev–Trinajstić information content (AvgIpc) is 2.08. The predicted octanol–water partition coefficient (Wildman–Crippen LogP) is 2.39. The molecule has 0 radical (unpaired) electrons. The summed E-state index contributed by atoms with van der Waals surface area (Å²) in [7, 11) is 0. The van der Waals surface area contributed by atoms with Crippen LogP contribution in [-0.2, 0) is 0 Å². The summed E-state index contributed by atoms with van der Waals surface area (Å²) in [6.07, 6.45) is 0. The van der Waals surface area contributed by atoms with E-state index in [-0.39, 0.29) is 0 Å². The second kappa shape index (κ2) is 4.32. The zero-order valence-electron chi connectivity index (χ0n) is 8.31. The molecular formula is C11H15BrN2. The quantitative estimate of drug-likeness (QED) is 0.866. The molecule has 14 heavy (non-hydrogen) atoms. The number of anilines is 1. The second-order valence-corrected chi connectivity index (χ2v) is 4.72. The Labute approximate surface area is 93.2 Å². The Bertz CT molecular complexity index is 321. The van der Waals surface area contributed by atoms with Crippen LogP contribution in [0.1, 0.15) is 5.56 Å². The second-order valence-electron chi connectivity index (χ2n) is 3.87. The Morgan fingerprint density at radius 1 is 1.50 bits per heavy atom. The number of hydrogen-bond acceptors (Lipinski definition) is 2. The number of aryl methyl sites for hydroxylation is 1. The molecular weight excluding hydrogens is 240 g/mol. The lowest BCUT2D eigenvalue weighted by atomic mass is 10.0. The molecule has 1 aromatic carbocycles. The third-order valence-electron chi connectivity index (χ3n) is 2.63. The largest absolute Gasteiger partial charge is 0.385 e. The van der Waals surface area contributed by atoms with Gasteiger partial charge in [-0.2, -0.15) is 0 Å². The van der Waals surface area contributed by atoms with Crippen molar-refractivity contribution in [2.24, 2.45) is 5.92 Å². The summed E-state index contributed by atoms with van der Waals surface area (Å²) in [6.45, 7) is 5.48. The van der Waals surface area contributed by atoms with Crippen molar-refractivity contribution < 1.29 is 0 Å². The standard InChI is InChI=1S/C11H15BrN2/c1-8-2-3-10(4-11(8)12)14-7-9-5-13-6-9/h2-4,9,13-14H,5-7H2,1H3. The van der Waals surface area contributed by atoms with Gasteiger partial charge in [-0.3, -0.25) is 0 Å². The van der Waals surface area contributed by atoms with Crippen molar-refractivity contribution in [2.75, 3.05) is 25.0 Å². The van der Waals surface area contributed by atoms with Crippen molar-refractivity contribution in [3.63, 3.8) is 0 Å². The molecule has 2 rings (SSSR count). The maximum atomic E-state index is 3.53. The van der Waals surface area contributed by atoms with Gasteiger partial charge >= 0.3 is 0 Å². The highest BCUT2D eigenvalue weighted by Crippen LogP contribution is 2.20. The maximum Gasteiger partial charge on any atom is 0.0351 e. The molecule has 2 nitrogen and oxygen atoms in total. The van der Waals surface area contributed by atoms with Crippen LogP contribution in [0.5, 0.6) is 0 Å². The topological polar surface area (TPSA) is 24.1 Å². The molecule has 0 unspecified atom stereocenters. The molecule has 1 aromatic rings. The van der Waals surface area contributed by atoms with Gasteiger partial charge in [0, 0.05) is 35.7 Å². The molecule has 0 amide bonds. The van der Waals surface area contributed by atoms with Crippen molar-refractivity contribution in [1.29, 1.82) is 0 Å². The van der Waals surface area contributed by atoms with Gasteiger partial charge in [0.05, 0.1) is 0 Å². The molecule has 1 heterocycles. The lowest BCUT2D eigenvalue weighted by Crippen LogP contribution is -2.45. The van der Waals surface area contributed by atoms with Crippen LogP contribution in [0, 0.1) is 12.8 Å². The van der Waals surface area contributed by atoms with Crippen molar-refractivity contribution in [3.8, 4) is 0 Å². The smallest absolute Gasteiger partial charge is 0.0351 e. The molecule has 0 aliphatic carbocycles. The fourth-order valence-electron chi connectivity index (χ4n) is 1.46. The minimum atomic E-state index is 0.801. The van der Waals surface area contributed by atoms with Crippen LogP contribution in [-0.4, -0.2) is 19.6 Å². The highest BCUT2D eigenvalue weighted by molar-refractivity contribution is 9.10. The number of rotatable bonds is 3. The fraction of sp³-hybridized carbons (Fsp3) is 0.455. The van der Waals surface area contributed by atoms with Gasteiger partial charge in [0.1, 0.15) is 0 Å². The van der Waals surface area contributed by atoms with Crippen LogP contribution in [0.25, 0.3) is 0 Å².